The molecule has 0 bridgehead atoms. The number of hydrogen-bond acceptors (Lipinski definition) is 7. The molecule has 0 aliphatic heterocycles. The van der Waals surface area contributed by atoms with E-state index >= 15 is 0 Å². The molecule has 0 fully saturated rings. The Balaban J connectivity index is 3.23. The molecule has 0 unspecified atom stereocenters. The number of anilines is 2. The Kier molecular flexibility index (Phi) is 6.49. The third-order valence-corrected chi connectivity index (χ3v) is 2.50. The van der Waals surface area contributed by atoms with Gasteiger partial charge in [-0.25, -0.2) is 24.4 Å². The molecule has 0 atom stereocenters. The zero-order valence-corrected chi connectivity index (χ0v) is 16.0. The van der Waals surface area contributed by atoms with Crippen molar-refractivity contribution in [3.05, 3.63) is 12.4 Å². The minimum Gasteiger partial charge on any atom is -0.443 e. The van der Waals surface area contributed by atoms with Crippen LogP contribution in [0.2, 0.25) is 0 Å². The van der Waals surface area contributed by atoms with Gasteiger partial charge in [-0.2, -0.15) is 4.90 Å². The Labute approximate surface area is 152 Å². The number of carbonyl (C=O) groups excluding carboxylic acids is 3. The Morgan fingerprint density at radius 2 is 1.46 bits per heavy atom. The van der Waals surface area contributed by atoms with Crippen molar-refractivity contribution in [2.24, 2.45) is 0 Å². The maximum Gasteiger partial charge on any atom is 0.425 e. The van der Waals surface area contributed by atoms with Crippen LogP contribution in [-0.4, -0.2) is 46.4 Å². The Morgan fingerprint density at radius 3 is 1.88 bits per heavy atom. The molecule has 26 heavy (non-hydrogen) atoms. The summed E-state index contributed by atoms with van der Waals surface area (Å²) in [6, 6.07) is 0.735. The molecule has 10 nitrogen and oxygen atoms in total. The fourth-order valence-electron chi connectivity index (χ4n) is 1.59. The SMILES string of the molecule is CNC(=O)Nc1cc(N(C(=O)OC(C)(C)C)C(=O)OC(C)(C)C)ncn1. The lowest BCUT2D eigenvalue weighted by atomic mass is 10.2. The standard InChI is InChI=1S/C16H25N5O5/c1-15(2,3)25-13(23)21(14(24)26-16(4,5)6)11-8-10(18-9-19-11)20-12(22)17-7/h8-9H,1-7H3,(H2,17,18,19,20,22). The number of urea groups is 1. The van der Waals surface area contributed by atoms with Crippen molar-refractivity contribution in [3.63, 3.8) is 0 Å². The van der Waals surface area contributed by atoms with E-state index in [2.05, 4.69) is 20.6 Å². The molecule has 4 amide bonds. The Hall–Kier alpha value is -2.91. The maximum atomic E-state index is 12.5. The highest BCUT2D eigenvalue weighted by atomic mass is 16.6. The van der Waals surface area contributed by atoms with Gasteiger partial charge in [-0.05, 0) is 41.5 Å². The van der Waals surface area contributed by atoms with Gasteiger partial charge >= 0.3 is 18.2 Å². The number of ether oxygens (including phenoxy) is 2. The van der Waals surface area contributed by atoms with Crippen LogP contribution in [-0.2, 0) is 9.47 Å². The average molecular weight is 367 g/mol. The van der Waals surface area contributed by atoms with Crippen molar-refractivity contribution in [2.45, 2.75) is 52.7 Å². The molecule has 0 aliphatic carbocycles. The van der Waals surface area contributed by atoms with Crippen LogP contribution in [0.4, 0.5) is 26.0 Å². The van der Waals surface area contributed by atoms with E-state index in [9.17, 15) is 14.4 Å². The van der Waals surface area contributed by atoms with Crippen molar-refractivity contribution in [1.82, 2.24) is 15.3 Å². The van der Waals surface area contributed by atoms with Crippen LogP contribution in [0.1, 0.15) is 41.5 Å². The molecule has 1 heterocycles. The van der Waals surface area contributed by atoms with Crippen molar-refractivity contribution in [1.29, 1.82) is 0 Å². The van der Waals surface area contributed by atoms with E-state index in [4.69, 9.17) is 9.47 Å². The van der Waals surface area contributed by atoms with E-state index < -0.39 is 29.4 Å². The highest BCUT2D eigenvalue weighted by molar-refractivity contribution is 6.09. The summed E-state index contributed by atoms with van der Waals surface area (Å²) >= 11 is 0. The predicted molar refractivity (Wildman–Crippen MR) is 95.1 cm³/mol. The monoisotopic (exact) mass is 367 g/mol. The number of nitrogens with one attached hydrogen (secondary N) is 2. The summed E-state index contributed by atoms with van der Waals surface area (Å²) in [6.45, 7) is 9.98. The molecular formula is C16H25N5O5. The first-order valence-electron chi connectivity index (χ1n) is 7.89. The third kappa shape index (κ3) is 6.91. The van der Waals surface area contributed by atoms with Gasteiger partial charge in [-0.15, -0.1) is 0 Å². The molecule has 0 spiro atoms. The summed E-state index contributed by atoms with van der Waals surface area (Å²) in [6.07, 6.45) is -0.824. The number of rotatable bonds is 2. The van der Waals surface area contributed by atoms with Gasteiger partial charge in [0.15, 0.2) is 5.82 Å². The first-order valence-corrected chi connectivity index (χ1v) is 7.89. The van der Waals surface area contributed by atoms with E-state index in [1.165, 1.54) is 13.1 Å². The summed E-state index contributed by atoms with van der Waals surface area (Å²) in [4.78, 5) is 44.9. The van der Waals surface area contributed by atoms with Gasteiger partial charge in [-0.3, -0.25) is 5.32 Å². The minimum atomic E-state index is -0.962. The highest BCUT2D eigenvalue weighted by Crippen LogP contribution is 2.21. The number of nitrogens with zero attached hydrogens (tertiary/aromatic N) is 3. The van der Waals surface area contributed by atoms with Crippen LogP contribution in [0.5, 0.6) is 0 Å². The second-order valence-electron chi connectivity index (χ2n) is 7.26. The normalized spacial score (nSPS) is 11.3. The zero-order valence-electron chi connectivity index (χ0n) is 16.0. The molecule has 1 aromatic rings. The van der Waals surface area contributed by atoms with Gasteiger partial charge in [0, 0.05) is 13.1 Å². The Morgan fingerprint density at radius 1 is 0.962 bits per heavy atom. The largest absolute Gasteiger partial charge is 0.443 e. The maximum absolute atomic E-state index is 12.5. The molecule has 2 N–H and O–H groups in total. The first kappa shape index (κ1) is 21.1. The van der Waals surface area contributed by atoms with Crippen LogP contribution in [0, 0.1) is 0 Å². The van der Waals surface area contributed by atoms with Gasteiger partial charge in [0.1, 0.15) is 23.3 Å². The molecule has 0 aliphatic rings. The molecule has 1 aromatic heterocycles. The van der Waals surface area contributed by atoms with E-state index in [1.54, 1.807) is 41.5 Å². The second kappa shape index (κ2) is 7.98. The molecule has 0 saturated carbocycles. The number of carbonyl (C=O) groups is 3. The quantitative estimate of drug-likeness (QED) is 0.824. The molecule has 1 rings (SSSR count). The number of aromatic nitrogens is 2. The van der Waals surface area contributed by atoms with Crippen LogP contribution in [0.25, 0.3) is 0 Å². The molecule has 0 radical (unpaired) electrons. The molecule has 144 valence electrons. The van der Waals surface area contributed by atoms with Crippen molar-refractivity contribution in [3.8, 4) is 0 Å². The van der Waals surface area contributed by atoms with E-state index in [0.717, 1.165) is 6.33 Å². The zero-order chi connectivity index (χ0) is 20.1. The second-order valence-corrected chi connectivity index (χ2v) is 7.26. The van der Waals surface area contributed by atoms with Gasteiger partial charge in [0.05, 0.1) is 0 Å². The fraction of sp³-hybridized carbons (Fsp3) is 0.562. The van der Waals surface area contributed by atoms with Crippen molar-refractivity contribution in [2.75, 3.05) is 17.3 Å². The molecule has 10 heteroatoms. The summed E-state index contributed by atoms with van der Waals surface area (Å²) in [5.74, 6) is -0.0126. The lowest BCUT2D eigenvalue weighted by Crippen LogP contribution is -2.44. The first-order chi connectivity index (χ1) is 11.8. The van der Waals surface area contributed by atoms with Crippen LogP contribution < -0.4 is 15.5 Å². The molecule has 0 saturated heterocycles. The van der Waals surface area contributed by atoms with Crippen LogP contribution in [0.3, 0.4) is 0 Å². The van der Waals surface area contributed by atoms with Gasteiger partial charge in [-0.1, -0.05) is 0 Å². The lowest BCUT2D eigenvalue weighted by molar-refractivity contribution is 0.0429. The fourth-order valence-corrected chi connectivity index (χ4v) is 1.59. The van der Waals surface area contributed by atoms with E-state index in [-0.39, 0.29) is 11.6 Å². The van der Waals surface area contributed by atoms with E-state index in [1.807, 2.05) is 0 Å². The van der Waals surface area contributed by atoms with Gasteiger partial charge < -0.3 is 14.8 Å². The number of hydrogen-bond donors (Lipinski definition) is 2. The smallest absolute Gasteiger partial charge is 0.425 e. The summed E-state index contributed by atoms with van der Waals surface area (Å²) in [5.41, 5.74) is -1.68. The average Bonchev–Trinajstić information content (AvgIpc) is 2.43. The van der Waals surface area contributed by atoms with Crippen molar-refractivity contribution < 1.29 is 23.9 Å². The molecule has 0 aromatic carbocycles. The lowest BCUT2D eigenvalue weighted by Gasteiger charge is -2.28. The predicted octanol–water partition coefficient (Wildman–Crippen LogP) is 2.90. The minimum absolute atomic E-state index is 0.0893. The third-order valence-electron chi connectivity index (χ3n) is 2.50. The summed E-state index contributed by atoms with van der Waals surface area (Å²) < 4.78 is 10.5. The topological polar surface area (TPSA) is 123 Å². The number of imide groups is 1. The van der Waals surface area contributed by atoms with Gasteiger partial charge in [0.25, 0.3) is 0 Å². The van der Waals surface area contributed by atoms with Crippen molar-refractivity contribution >= 4 is 29.9 Å². The summed E-state index contributed by atoms with van der Waals surface area (Å²) in [5, 5.41) is 4.79. The Bertz CT molecular complexity index is 650. The van der Waals surface area contributed by atoms with E-state index in [0.29, 0.717) is 4.90 Å². The van der Waals surface area contributed by atoms with Crippen LogP contribution >= 0.6 is 0 Å². The van der Waals surface area contributed by atoms with Gasteiger partial charge in [0.2, 0.25) is 0 Å². The summed E-state index contributed by atoms with van der Waals surface area (Å²) in [7, 11) is 1.44. The van der Waals surface area contributed by atoms with Crippen LogP contribution in [0.15, 0.2) is 12.4 Å². The number of amides is 4. The highest BCUT2D eigenvalue weighted by Gasteiger charge is 2.33. The molecular weight excluding hydrogens is 342 g/mol.